The Kier molecular flexibility index (Phi) is 5.39. The molecule has 0 saturated heterocycles. The van der Waals surface area contributed by atoms with E-state index < -0.39 is 0 Å². The van der Waals surface area contributed by atoms with Gasteiger partial charge < -0.3 is 5.32 Å². The molecule has 0 amide bonds. The first kappa shape index (κ1) is 18.3. The largest absolute Gasteiger partial charge is 0.358 e. The summed E-state index contributed by atoms with van der Waals surface area (Å²) in [5.41, 5.74) is 2.41. The Morgan fingerprint density at radius 2 is 1.43 bits per heavy atom. The van der Waals surface area contributed by atoms with Crippen LogP contribution in [0.4, 0.5) is 5.82 Å². The van der Waals surface area contributed by atoms with Gasteiger partial charge >= 0.3 is 5.69 Å². The van der Waals surface area contributed by atoms with Crippen LogP contribution in [-0.4, -0.2) is 27.7 Å². The maximum Gasteiger partial charge on any atom is 0.329 e. The summed E-state index contributed by atoms with van der Waals surface area (Å²) in [6.45, 7) is 2.53. The maximum atomic E-state index is 12.4. The monoisotopic (exact) mass is 376 g/mol. The number of rotatable bonds is 6. The van der Waals surface area contributed by atoms with Gasteiger partial charge in [0.25, 0.3) is 5.56 Å². The standard InChI is InChI=1S/C22H24N4O2/c27-21-19-15-25(13-11-17-7-3-1-4-8-17)16-23-20(19)26(22(28)24-21)14-12-18-9-5-2-6-10-18/h1-10,23H,11-16H2,(H,24,27,28). The van der Waals surface area contributed by atoms with E-state index in [-0.39, 0.29) is 11.2 Å². The van der Waals surface area contributed by atoms with Crippen LogP contribution in [0.3, 0.4) is 0 Å². The smallest absolute Gasteiger partial charge is 0.329 e. The van der Waals surface area contributed by atoms with Gasteiger partial charge in [-0.1, -0.05) is 60.7 Å². The Balaban J connectivity index is 1.50. The fraction of sp³-hybridized carbons (Fsp3) is 0.273. The number of H-pyrrole nitrogens is 1. The summed E-state index contributed by atoms with van der Waals surface area (Å²) >= 11 is 0. The second-order valence-corrected chi connectivity index (χ2v) is 7.10. The highest BCUT2D eigenvalue weighted by Gasteiger charge is 2.22. The molecule has 6 nitrogen and oxygen atoms in total. The van der Waals surface area contributed by atoms with Crippen LogP contribution in [0.2, 0.25) is 0 Å². The highest BCUT2D eigenvalue weighted by Crippen LogP contribution is 2.18. The van der Waals surface area contributed by atoms with Crippen LogP contribution in [0.1, 0.15) is 16.7 Å². The van der Waals surface area contributed by atoms with Gasteiger partial charge in [0.2, 0.25) is 0 Å². The van der Waals surface area contributed by atoms with E-state index in [2.05, 4.69) is 27.3 Å². The fourth-order valence-electron chi connectivity index (χ4n) is 3.62. The molecule has 3 aromatic rings. The van der Waals surface area contributed by atoms with Crippen molar-refractivity contribution in [2.24, 2.45) is 0 Å². The number of aryl methyl sites for hydroxylation is 1. The zero-order valence-corrected chi connectivity index (χ0v) is 15.7. The minimum atomic E-state index is -0.357. The van der Waals surface area contributed by atoms with Gasteiger partial charge in [0.1, 0.15) is 5.82 Å². The molecule has 0 spiro atoms. The van der Waals surface area contributed by atoms with E-state index in [1.807, 2.05) is 48.5 Å². The number of hydrogen-bond acceptors (Lipinski definition) is 4. The second kappa shape index (κ2) is 8.27. The normalized spacial score (nSPS) is 13.7. The zero-order valence-electron chi connectivity index (χ0n) is 15.7. The van der Waals surface area contributed by atoms with Crippen molar-refractivity contribution in [2.75, 3.05) is 18.5 Å². The predicted octanol–water partition coefficient (Wildman–Crippen LogP) is 2.21. The van der Waals surface area contributed by atoms with Crippen LogP contribution >= 0.6 is 0 Å². The molecule has 2 heterocycles. The molecule has 0 radical (unpaired) electrons. The lowest BCUT2D eigenvalue weighted by Crippen LogP contribution is -2.44. The molecule has 1 aliphatic rings. The third-order valence-electron chi connectivity index (χ3n) is 5.17. The highest BCUT2D eigenvalue weighted by atomic mass is 16.2. The average molecular weight is 376 g/mol. The number of aromatic amines is 1. The van der Waals surface area contributed by atoms with Crippen molar-refractivity contribution >= 4 is 5.82 Å². The first-order valence-corrected chi connectivity index (χ1v) is 9.61. The molecule has 0 aliphatic carbocycles. The van der Waals surface area contributed by atoms with E-state index in [9.17, 15) is 9.59 Å². The van der Waals surface area contributed by atoms with E-state index in [4.69, 9.17) is 0 Å². The lowest BCUT2D eigenvalue weighted by Gasteiger charge is -2.30. The van der Waals surface area contributed by atoms with Gasteiger partial charge in [0.05, 0.1) is 12.2 Å². The van der Waals surface area contributed by atoms with Crippen LogP contribution in [0.25, 0.3) is 0 Å². The molecular formula is C22H24N4O2. The minimum Gasteiger partial charge on any atom is -0.358 e. The number of nitrogens with zero attached hydrogens (tertiary/aromatic N) is 2. The van der Waals surface area contributed by atoms with E-state index in [1.54, 1.807) is 4.57 Å². The number of nitrogens with one attached hydrogen (secondary N) is 2. The highest BCUT2D eigenvalue weighted by molar-refractivity contribution is 5.45. The molecule has 144 valence electrons. The zero-order chi connectivity index (χ0) is 19.3. The minimum absolute atomic E-state index is 0.298. The quantitative estimate of drug-likeness (QED) is 0.692. The van der Waals surface area contributed by atoms with Gasteiger partial charge in [-0.25, -0.2) is 4.79 Å². The van der Waals surface area contributed by atoms with Gasteiger partial charge in [-0.15, -0.1) is 0 Å². The third kappa shape index (κ3) is 4.07. The molecule has 0 saturated carbocycles. The van der Waals surface area contributed by atoms with Crippen LogP contribution < -0.4 is 16.6 Å². The summed E-state index contributed by atoms with van der Waals surface area (Å²) < 4.78 is 1.65. The van der Waals surface area contributed by atoms with Gasteiger partial charge in [-0.05, 0) is 24.0 Å². The summed E-state index contributed by atoms with van der Waals surface area (Å²) in [6, 6.07) is 20.3. The summed E-state index contributed by atoms with van der Waals surface area (Å²) in [7, 11) is 0. The topological polar surface area (TPSA) is 70.1 Å². The van der Waals surface area contributed by atoms with E-state index in [0.29, 0.717) is 31.1 Å². The molecule has 2 N–H and O–H groups in total. The number of benzene rings is 2. The molecule has 0 fully saturated rings. The maximum absolute atomic E-state index is 12.4. The molecule has 1 aliphatic heterocycles. The molecule has 6 heteroatoms. The summed E-state index contributed by atoms with van der Waals surface area (Å²) in [5, 5.41) is 3.30. The number of hydrogen-bond donors (Lipinski definition) is 2. The van der Waals surface area contributed by atoms with E-state index in [1.165, 1.54) is 5.56 Å². The van der Waals surface area contributed by atoms with Crippen molar-refractivity contribution in [1.82, 2.24) is 14.5 Å². The average Bonchev–Trinajstić information content (AvgIpc) is 2.74. The Morgan fingerprint density at radius 1 is 0.821 bits per heavy atom. The van der Waals surface area contributed by atoms with Crippen LogP contribution in [0.5, 0.6) is 0 Å². The summed E-state index contributed by atoms with van der Waals surface area (Å²) in [4.78, 5) is 29.4. The SMILES string of the molecule is O=c1[nH]c(=O)n(CCc2ccccc2)c2c1CN(CCc1ccccc1)CN2. The van der Waals surface area contributed by atoms with E-state index >= 15 is 0 Å². The Hall–Kier alpha value is -3.12. The molecule has 0 bridgehead atoms. The van der Waals surface area contributed by atoms with Crippen LogP contribution in [0, 0.1) is 0 Å². The molecule has 1 aromatic heterocycles. The van der Waals surface area contributed by atoms with Crippen molar-refractivity contribution in [3.05, 3.63) is 98.2 Å². The number of aromatic nitrogens is 2. The molecule has 0 unspecified atom stereocenters. The predicted molar refractivity (Wildman–Crippen MR) is 111 cm³/mol. The lowest BCUT2D eigenvalue weighted by atomic mass is 10.1. The van der Waals surface area contributed by atoms with Crippen LogP contribution in [-0.2, 0) is 25.9 Å². The Labute approximate surface area is 163 Å². The van der Waals surface area contributed by atoms with Crippen molar-refractivity contribution < 1.29 is 0 Å². The third-order valence-corrected chi connectivity index (χ3v) is 5.17. The number of fused-ring (bicyclic) bond motifs is 1. The second-order valence-electron chi connectivity index (χ2n) is 7.10. The van der Waals surface area contributed by atoms with Crippen LogP contribution in [0.15, 0.2) is 70.3 Å². The Morgan fingerprint density at radius 3 is 2.07 bits per heavy atom. The summed E-state index contributed by atoms with van der Waals surface area (Å²) in [6.07, 6.45) is 1.65. The summed E-state index contributed by atoms with van der Waals surface area (Å²) in [5.74, 6) is 0.653. The first-order chi connectivity index (χ1) is 13.7. The fourth-order valence-corrected chi connectivity index (χ4v) is 3.62. The van der Waals surface area contributed by atoms with Crippen molar-refractivity contribution in [1.29, 1.82) is 0 Å². The van der Waals surface area contributed by atoms with E-state index in [0.717, 1.165) is 24.9 Å². The van der Waals surface area contributed by atoms with Gasteiger partial charge in [0.15, 0.2) is 0 Å². The molecule has 2 aromatic carbocycles. The molecule has 4 rings (SSSR count). The van der Waals surface area contributed by atoms with Gasteiger partial charge in [-0.3, -0.25) is 19.2 Å². The van der Waals surface area contributed by atoms with Gasteiger partial charge in [-0.2, -0.15) is 0 Å². The lowest BCUT2D eigenvalue weighted by molar-refractivity contribution is 0.274. The van der Waals surface area contributed by atoms with Crippen molar-refractivity contribution in [3.8, 4) is 0 Å². The van der Waals surface area contributed by atoms with Crippen molar-refractivity contribution in [2.45, 2.75) is 25.9 Å². The molecule has 28 heavy (non-hydrogen) atoms. The molecular weight excluding hydrogens is 352 g/mol. The molecule has 0 atom stereocenters. The number of anilines is 1. The van der Waals surface area contributed by atoms with Gasteiger partial charge in [0, 0.05) is 19.6 Å². The first-order valence-electron chi connectivity index (χ1n) is 9.61. The van der Waals surface area contributed by atoms with Crippen molar-refractivity contribution in [3.63, 3.8) is 0 Å². The Bertz CT molecular complexity index is 1040.